The Hall–Kier alpha value is -5.12. The van der Waals surface area contributed by atoms with E-state index in [0.717, 1.165) is 29.5 Å². The number of hydrogen-bond donors (Lipinski definition) is 2. The zero-order valence-electron chi connectivity index (χ0n) is 28.1. The first-order chi connectivity index (χ1) is 23.4. The number of halogens is 3. The highest BCUT2D eigenvalue weighted by molar-refractivity contribution is 6.04. The van der Waals surface area contributed by atoms with Crippen LogP contribution in [0.5, 0.6) is 0 Å². The molecule has 2 N–H and O–H groups in total. The summed E-state index contributed by atoms with van der Waals surface area (Å²) >= 11 is 0. The maximum absolute atomic E-state index is 14.2. The summed E-state index contributed by atoms with van der Waals surface area (Å²) in [6.07, 6.45) is 2.68. The van der Waals surface area contributed by atoms with Crippen LogP contribution in [0, 0.1) is 18.8 Å². The molecule has 0 saturated carbocycles. The van der Waals surface area contributed by atoms with Gasteiger partial charge in [0, 0.05) is 67.5 Å². The average molecular weight is 669 g/mol. The number of aromatic nitrogens is 4. The quantitative estimate of drug-likeness (QED) is 0.182. The molecule has 5 aromatic rings. The molecule has 0 unspecified atom stereocenters. The summed E-state index contributed by atoms with van der Waals surface area (Å²) in [5.41, 5.74) is 4.28. The van der Waals surface area contributed by atoms with Crippen LogP contribution in [-0.2, 0) is 12.7 Å². The lowest BCUT2D eigenvalue weighted by Crippen LogP contribution is -2.49. The first kappa shape index (κ1) is 33.8. The Bertz CT molecular complexity index is 2050. The van der Waals surface area contributed by atoms with Crippen molar-refractivity contribution in [1.29, 1.82) is 0 Å². The number of hydrogen-bond acceptors (Lipinski definition) is 6. The maximum Gasteiger partial charge on any atom is 0.416 e. The molecule has 0 radical (unpaired) electrons. The summed E-state index contributed by atoms with van der Waals surface area (Å²) in [4.78, 5) is 22.0. The van der Waals surface area contributed by atoms with Gasteiger partial charge in [-0.3, -0.25) is 18.8 Å². The Kier molecular flexibility index (Phi) is 9.50. The Labute approximate surface area is 283 Å². The number of likely N-dealkylation sites (N-methyl/N-ethyl adjacent to an activating group) is 1. The van der Waals surface area contributed by atoms with Gasteiger partial charge in [0.25, 0.3) is 5.91 Å². The van der Waals surface area contributed by atoms with E-state index < -0.39 is 17.6 Å². The second kappa shape index (κ2) is 13.8. The van der Waals surface area contributed by atoms with Crippen LogP contribution in [0.25, 0.3) is 5.65 Å². The minimum absolute atomic E-state index is 0.0669. The molecule has 1 fully saturated rings. The van der Waals surface area contributed by atoms with Crippen LogP contribution >= 0.6 is 0 Å². The lowest BCUT2D eigenvalue weighted by Gasteiger charge is -2.38. The highest BCUT2D eigenvalue weighted by Gasteiger charge is 2.35. The Morgan fingerprint density at radius 2 is 1.88 bits per heavy atom. The number of carbonyl (C=O) groups excluding carboxylic acids is 1. The van der Waals surface area contributed by atoms with Crippen molar-refractivity contribution in [2.45, 2.75) is 52.5 Å². The second-order valence-electron chi connectivity index (χ2n) is 12.9. The van der Waals surface area contributed by atoms with Gasteiger partial charge < -0.3 is 15.5 Å². The fourth-order valence-electron chi connectivity index (χ4n) is 5.84. The van der Waals surface area contributed by atoms with Crippen LogP contribution < -0.4 is 10.6 Å². The number of nitrogens with zero attached hydrogens (tertiary/aromatic N) is 6. The maximum atomic E-state index is 14.2. The van der Waals surface area contributed by atoms with E-state index in [2.05, 4.69) is 58.2 Å². The van der Waals surface area contributed by atoms with E-state index in [0.29, 0.717) is 35.7 Å². The molecule has 1 amide bonds. The number of aryl methyl sites for hydroxylation is 1. The third kappa shape index (κ3) is 7.63. The standard InChI is InChI=1S/C37H39F3N8O/c1-24(2)48-23-31(19-42-48)43-34-7-6-14-47-32(20-41-35(34)47)13-11-27-17-30(12-8-25(27)3)44-36(49)28-9-10-29(33(18-28)37(38,39)40)22-46-16-15-45(5)26(4)21-46/h6-10,12,14,17-20,23-24,26,43H,15-16,21-22H2,1-5H3,(H,44,49)/t26-/m1/s1. The molecule has 4 heterocycles. The lowest BCUT2D eigenvalue weighted by atomic mass is 10.0. The zero-order chi connectivity index (χ0) is 34.9. The number of rotatable bonds is 7. The predicted molar refractivity (Wildman–Crippen MR) is 185 cm³/mol. The topological polar surface area (TPSA) is 82.7 Å². The van der Waals surface area contributed by atoms with E-state index in [-0.39, 0.29) is 29.8 Å². The fourth-order valence-corrected chi connectivity index (χ4v) is 5.84. The normalized spacial score (nSPS) is 15.7. The van der Waals surface area contributed by atoms with Gasteiger partial charge >= 0.3 is 6.18 Å². The summed E-state index contributed by atoms with van der Waals surface area (Å²) in [6, 6.07) is 13.4. The van der Waals surface area contributed by atoms with E-state index in [4.69, 9.17) is 0 Å². The predicted octanol–water partition coefficient (Wildman–Crippen LogP) is 6.97. The van der Waals surface area contributed by atoms with Crippen molar-refractivity contribution in [3.8, 4) is 11.8 Å². The van der Waals surface area contributed by atoms with E-state index in [1.54, 1.807) is 24.5 Å². The van der Waals surface area contributed by atoms with Crippen molar-refractivity contribution < 1.29 is 18.0 Å². The summed E-state index contributed by atoms with van der Waals surface area (Å²) in [6.45, 7) is 10.4. The SMILES string of the molecule is Cc1ccc(NC(=O)c2ccc(CN3CCN(C)[C@H](C)C3)c(C(F)(F)F)c2)cc1C#Cc1cnc2c(Nc3cnn(C(C)C)c3)cccn12. The van der Waals surface area contributed by atoms with Gasteiger partial charge in [-0.05, 0) is 88.2 Å². The third-order valence-corrected chi connectivity index (χ3v) is 8.88. The molecule has 0 aliphatic carbocycles. The van der Waals surface area contributed by atoms with E-state index in [1.165, 1.54) is 12.1 Å². The molecule has 1 atom stereocenters. The first-order valence-corrected chi connectivity index (χ1v) is 16.2. The molecule has 1 aliphatic heterocycles. The van der Waals surface area contributed by atoms with Gasteiger partial charge in [-0.15, -0.1) is 0 Å². The van der Waals surface area contributed by atoms with Crippen LogP contribution in [0.4, 0.5) is 30.2 Å². The number of fused-ring (bicyclic) bond motifs is 1. The fraction of sp³-hybridized carbons (Fsp3) is 0.324. The molecule has 6 rings (SSSR count). The molecule has 49 heavy (non-hydrogen) atoms. The van der Waals surface area contributed by atoms with Gasteiger partial charge in [-0.2, -0.15) is 18.3 Å². The molecular formula is C37H39F3N8O. The second-order valence-corrected chi connectivity index (χ2v) is 12.9. The molecule has 1 saturated heterocycles. The van der Waals surface area contributed by atoms with Gasteiger partial charge in [0.1, 0.15) is 5.69 Å². The molecule has 12 heteroatoms. The molecule has 254 valence electrons. The van der Waals surface area contributed by atoms with Crippen molar-refractivity contribution >= 4 is 28.6 Å². The number of pyridine rings is 1. The molecule has 0 spiro atoms. The van der Waals surface area contributed by atoms with Gasteiger partial charge in [-0.25, -0.2) is 4.98 Å². The van der Waals surface area contributed by atoms with Crippen LogP contribution in [0.1, 0.15) is 65.1 Å². The number of amides is 1. The molecule has 2 aromatic carbocycles. The highest BCUT2D eigenvalue weighted by Crippen LogP contribution is 2.34. The van der Waals surface area contributed by atoms with Crippen molar-refractivity contribution in [2.24, 2.45) is 0 Å². The van der Waals surface area contributed by atoms with Crippen molar-refractivity contribution in [2.75, 3.05) is 37.3 Å². The number of nitrogens with one attached hydrogen (secondary N) is 2. The summed E-state index contributed by atoms with van der Waals surface area (Å²) in [5, 5.41) is 10.5. The average Bonchev–Trinajstić information content (AvgIpc) is 3.71. The lowest BCUT2D eigenvalue weighted by molar-refractivity contribution is -0.138. The zero-order valence-corrected chi connectivity index (χ0v) is 28.1. The van der Waals surface area contributed by atoms with Crippen LogP contribution in [0.2, 0.25) is 0 Å². The van der Waals surface area contributed by atoms with Gasteiger partial charge in [-0.1, -0.05) is 18.1 Å². The van der Waals surface area contributed by atoms with Crippen molar-refractivity contribution in [1.82, 2.24) is 29.0 Å². The van der Waals surface area contributed by atoms with Crippen LogP contribution in [-0.4, -0.2) is 67.6 Å². The molecule has 0 bridgehead atoms. The Morgan fingerprint density at radius 3 is 2.61 bits per heavy atom. The number of carbonyl (C=O) groups is 1. The number of anilines is 3. The number of alkyl halides is 3. The first-order valence-electron chi connectivity index (χ1n) is 16.2. The molecule has 9 nitrogen and oxygen atoms in total. The summed E-state index contributed by atoms with van der Waals surface area (Å²) < 4.78 is 46.3. The van der Waals surface area contributed by atoms with Gasteiger partial charge in [0.05, 0.1) is 29.3 Å². The molecular weight excluding hydrogens is 629 g/mol. The summed E-state index contributed by atoms with van der Waals surface area (Å²) in [7, 11) is 2.02. The van der Waals surface area contributed by atoms with E-state index >= 15 is 0 Å². The highest BCUT2D eigenvalue weighted by atomic mass is 19.4. The van der Waals surface area contributed by atoms with Crippen molar-refractivity contribution in [3.05, 3.63) is 107 Å². The minimum Gasteiger partial charge on any atom is -0.350 e. The molecule has 3 aromatic heterocycles. The minimum atomic E-state index is -4.60. The van der Waals surface area contributed by atoms with E-state index in [1.807, 2.05) is 58.5 Å². The monoisotopic (exact) mass is 668 g/mol. The van der Waals surface area contributed by atoms with Crippen molar-refractivity contribution in [3.63, 3.8) is 0 Å². The Balaban J connectivity index is 1.19. The van der Waals surface area contributed by atoms with Gasteiger partial charge in [0.2, 0.25) is 0 Å². The summed E-state index contributed by atoms with van der Waals surface area (Å²) in [5.74, 6) is 5.72. The van der Waals surface area contributed by atoms with E-state index in [9.17, 15) is 18.0 Å². The van der Waals surface area contributed by atoms with Crippen LogP contribution in [0.3, 0.4) is 0 Å². The van der Waals surface area contributed by atoms with Crippen LogP contribution in [0.15, 0.2) is 73.3 Å². The Morgan fingerprint density at radius 1 is 1.06 bits per heavy atom. The largest absolute Gasteiger partial charge is 0.416 e. The molecule has 1 aliphatic rings. The number of piperazine rings is 1. The number of imidazole rings is 1. The smallest absolute Gasteiger partial charge is 0.350 e. The third-order valence-electron chi connectivity index (χ3n) is 8.88. The van der Waals surface area contributed by atoms with Gasteiger partial charge in [0.15, 0.2) is 5.65 Å². The number of benzene rings is 2.